The lowest BCUT2D eigenvalue weighted by molar-refractivity contribution is -0.119. The molecule has 4 rings (SSSR count). The van der Waals surface area contributed by atoms with E-state index >= 15 is 0 Å². The van der Waals surface area contributed by atoms with E-state index in [1.165, 1.54) is 28.2 Å². The Hall–Kier alpha value is -2.68. The normalized spacial score (nSPS) is 20.7. The molecule has 2 atom stereocenters. The summed E-state index contributed by atoms with van der Waals surface area (Å²) in [7, 11) is 3.64. The number of nitrogens with one attached hydrogen (secondary N) is 2. The molecule has 0 spiro atoms. The van der Waals surface area contributed by atoms with Crippen molar-refractivity contribution in [1.82, 2.24) is 9.80 Å². The van der Waals surface area contributed by atoms with Gasteiger partial charge in [-0.05, 0) is 54.9 Å². The lowest BCUT2D eigenvalue weighted by Gasteiger charge is -2.26. The molecule has 0 unspecified atom stereocenters. The zero-order valence-corrected chi connectivity index (χ0v) is 18.8. The van der Waals surface area contributed by atoms with Crippen LogP contribution in [0.1, 0.15) is 17.5 Å². The molecule has 2 N–H and O–H groups in total. The Balaban J connectivity index is 1.47. The van der Waals surface area contributed by atoms with Crippen molar-refractivity contribution in [3.8, 4) is 0 Å². The average molecular weight is 461 g/mol. The number of rotatable bonds is 4. The highest BCUT2D eigenvalue weighted by Crippen LogP contribution is 2.26. The van der Waals surface area contributed by atoms with E-state index < -0.39 is 17.9 Å². The Labute approximate surface area is 191 Å². The summed E-state index contributed by atoms with van der Waals surface area (Å²) in [5.74, 6) is -0.914. The van der Waals surface area contributed by atoms with Crippen molar-refractivity contribution in [2.75, 3.05) is 37.9 Å². The van der Waals surface area contributed by atoms with Crippen LogP contribution in [0.25, 0.3) is 0 Å². The molecule has 1 fully saturated rings. The summed E-state index contributed by atoms with van der Waals surface area (Å²) < 4.78 is 19.1. The van der Waals surface area contributed by atoms with Crippen molar-refractivity contribution in [2.24, 2.45) is 0 Å². The van der Waals surface area contributed by atoms with Gasteiger partial charge in [0.1, 0.15) is 11.9 Å². The van der Waals surface area contributed by atoms with Crippen molar-refractivity contribution in [2.45, 2.75) is 31.5 Å². The Bertz CT molecular complexity index is 1030. The topological polar surface area (TPSA) is 73.9 Å². The van der Waals surface area contributed by atoms with Gasteiger partial charge in [0, 0.05) is 44.5 Å². The summed E-state index contributed by atoms with van der Waals surface area (Å²) in [4.78, 5) is 29.6. The van der Waals surface area contributed by atoms with Gasteiger partial charge in [-0.1, -0.05) is 17.7 Å². The molecule has 2 aromatic rings. The number of carbonyl (C=O) groups excluding carboxylic acids is 2. The second-order valence-electron chi connectivity index (χ2n) is 8.28. The SMILES string of the molecule is CO[C@@H]1C[C@H](C(=O)Nc2ccc3c(c2)CCN(C)C3)N(C(=O)Nc2ccc(Cl)c(F)c2)C1. The van der Waals surface area contributed by atoms with Gasteiger partial charge in [0.25, 0.3) is 0 Å². The van der Waals surface area contributed by atoms with E-state index in [2.05, 4.69) is 22.6 Å². The molecule has 7 nitrogen and oxygen atoms in total. The van der Waals surface area contributed by atoms with Gasteiger partial charge < -0.3 is 25.2 Å². The Morgan fingerprint density at radius 3 is 2.62 bits per heavy atom. The summed E-state index contributed by atoms with van der Waals surface area (Å²) in [6, 6.07) is 8.73. The Kier molecular flexibility index (Phi) is 6.64. The zero-order chi connectivity index (χ0) is 22.8. The molecule has 2 aliphatic heterocycles. The Morgan fingerprint density at radius 1 is 1.12 bits per heavy atom. The number of fused-ring (bicyclic) bond motifs is 1. The molecule has 0 aromatic heterocycles. The third-order valence-corrected chi connectivity index (χ3v) is 6.31. The van der Waals surface area contributed by atoms with Gasteiger partial charge in [-0.15, -0.1) is 0 Å². The van der Waals surface area contributed by atoms with Crippen LogP contribution in [-0.4, -0.2) is 61.1 Å². The Morgan fingerprint density at radius 2 is 1.88 bits per heavy atom. The summed E-state index contributed by atoms with van der Waals surface area (Å²) >= 11 is 5.71. The zero-order valence-electron chi connectivity index (χ0n) is 18.0. The first-order valence-corrected chi connectivity index (χ1v) is 10.9. The molecule has 0 saturated carbocycles. The van der Waals surface area contributed by atoms with Crippen molar-refractivity contribution in [3.05, 3.63) is 58.4 Å². The minimum atomic E-state index is -0.709. The van der Waals surface area contributed by atoms with Crippen LogP contribution in [0.3, 0.4) is 0 Å². The number of benzene rings is 2. The number of halogens is 2. The maximum Gasteiger partial charge on any atom is 0.322 e. The van der Waals surface area contributed by atoms with Crippen LogP contribution in [0, 0.1) is 5.82 Å². The van der Waals surface area contributed by atoms with Gasteiger partial charge in [0.2, 0.25) is 5.91 Å². The molecule has 9 heteroatoms. The van der Waals surface area contributed by atoms with E-state index in [0.29, 0.717) is 12.1 Å². The van der Waals surface area contributed by atoms with Gasteiger partial charge >= 0.3 is 6.03 Å². The molecule has 2 aromatic carbocycles. The summed E-state index contributed by atoms with van der Waals surface area (Å²) in [5, 5.41) is 5.56. The number of hydrogen-bond acceptors (Lipinski definition) is 4. The lowest BCUT2D eigenvalue weighted by Crippen LogP contribution is -2.45. The largest absolute Gasteiger partial charge is 0.380 e. The number of nitrogens with zero attached hydrogens (tertiary/aromatic N) is 2. The molecule has 2 heterocycles. The maximum atomic E-state index is 13.7. The van der Waals surface area contributed by atoms with Crippen LogP contribution in [0.15, 0.2) is 36.4 Å². The predicted molar refractivity (Wildman–Crippen MR) is 121 cm³/mol. The summed E-state index contributed by atoms with van der Waals surface area (Å²) in [5.41, 5.74) is 3.45. The molecule has 2 aliphatic rings. The molecular weight excluding hydrogens is 435 g/mol. The smallest absolute Gasteiger partial charge is 0.322 e. The molecule has 0 aliphatic carbocycles. The van der Waals surface area contributed by atoms with Crippen molar-refractivity contribution in [1.29, 1.82) is 0 Å². The third kappa shape index (κ3) is 4.87. The molecule has 1 saturated heterocycles. The monoisotopic (exact) mass is 460 g/mol. The van der Waals surface area contributed by atoms with Crippen LogP contribution in [0.5, 0.6) is 0 Å². The number of carbonyl (C=O) groups is 2. The molecule has 170 valence electrons. The number of ether oxygens (including phenoxy) is 1. The number of hydrogen-bond donors (Lipinski definition) is 2. The highest BCUT2D eigenvalue weighted by molar-refractivity contribution is 6.30. The van der Waals surface area contributed by atoms with E-state index in [-0.39, 0.29) is 29.3 Å². The number of amides is 3. The van der Waals surface area contributed by atoms with Gasteiger partial charge in [0.05, 0.1) is 11.1 Å². The van der Waals surface area contributed by atoms with Crippen LogP contribution in [0.2, 0.25) is 5.02 Å². The predicted octanol–water partition coefficient (Wildman–Crippen LogP) is 3.73. The van der Waals surface area contributed by atoms with Crippen molar-refractivity contribution >= 4 is 34.9 Å². The minimum Gasteiger partial charge on any atom is -0.380 e. The molecule has 0 radical (unpaired) electrons. The number of methoxy groups -OCH3 is 1. The van der Waals surface area contributed by atoms with Crippen molar-refractivity contribution in [3.63, 3.8) is 0 Å². The van der Waals surface area contributed by atoms with E-state index in [9.17, 15) is 14.0 Å². The second kappa shape index (κ2) is 9.44. The first kappa shape index (κ1) is 22.5. The second-order valence-corrected chi connectivity index (χ2v) is 8.69. The summed E-state index contributed by atoms with van der Waals surface area (Å²) in [6.07, 6.45) is 1.04. The van der Waals surface area contributed by atoms with Crippen LogP contribution in [-0.2, 0) is 22.5 Å². The molecule has 3 amide bonds. The fourth-order valence-corrected chi connectivity index (χ4v) is 4.33. The van der Waals surface area contributed by atoms with Crippen LogP contribution < -0.4 is 10.6 Å². The van der Waals surface area contributed by atoms with E-state index in [0.717, 1.165) is 25.6 Å². The lowest BCUT2D eigenvalue weighted by atomic mass is 9.99. The number of anilines is 2. The number of urea groups is 1. The summed E-state index contributed by atoms with van der Waals surface area (Å²) in [6.45, 7) is 2.12. The van der Waals surface area contributed by atoms with Gasteiger partial charge in [-0.25, -0.2) is 9.18 Å². The van der Waals surface area contributed by atoms with Gasteiger partial charge in [-0.3, -0.25) is 4.79 Å². The minimum absolute atomic E-state index is 0.0300. The number of likely N-dealkylation sites (tertiary alicyclic amines) is 1. The fraction of sp³-hybridized carbons (Fsp3) is 0.391. The average Bonchev–Trinajstić information content (AvgIpc) is 3.21. The highest BCUT2D eigenvalue weighted by Gasteiger charge is 2.40. The quantitative estimate of drug-likeness (QED) is 0.729. The molecular formula is C23H26ClFN4O3. The fourth-order valence-electron chi connectivity index (χ4n) is 4.21. The highest BCUT2D eigenvalue weighted by atomic mass is 35.5. The standard InChI is InChI=1S/C23H26ClFN4O3/c1-28-8-7-14-9-16(4-3-15(14)12-28)26-22(30)21-11-18(32-2)13-29(21)23(31)27-17-5-6-19(24)20(25)10-17/h3-6,9-10,18,21H,7-8,11-13H2,1-2H3,(H,26,30)(H,27,31)/t18-,21-/m1/s1. The van der Waals surface area contributed by atoms with Crippen LogP contribution >= 0.6 is 11.6 Å². The van der Waals surface area contributed by atoms with Crippen molar-refractivity contribution < 1.29 is 18.7 Å². The molecule has 32 heavy (non-hydrogen) atoms. The van der Waals surface area contributed by atoms with Gasteiger partial charge in [-0.2, -0.15) is 0 Å². The van der Waals surface area contributed by atoms with E-state index in [1.54, 1.807) is 7.11 Å². The third-order valence-electron chi connectivity index (χ3n) is 6.01. The first-order valence-electron chi connectivity index (χ1n) is 10.5. The molecule has 0 bridgehead atoms. The van der Waals surface area contributed by atoms with Crippen LogP contribution in [0.4, 0.5) is 20.6 Å². The van der Waals surface area contributed by atoms with E-state index in [1.807, 2.05) is 18.2 Å². The maximum absolute atomic E-state index is 13.7. The van der Waals surface area contributed by atoms with Gasteiger partial charge in [0.15, 0.2) is 0 Å². The van der Waals surface area contributed by atoms with E-state index in [4.69, 9.17) is 16.3 Å². The number of likely N-dealkylation sites (N-methyl/N-ethyl adjacent to an activating group) is 1. The first-order chi connectivity index (χ1) is 15.3.